The molecule has 1 aromatic rings. The Morgan fingerprint density at radius 2 is 2.33 bits per heavy atom. The second kappa shape index (κ2) is 5.63. The van der Waals surface area contributed by atoms with Crippen molar-refractivity contribution in [2.75, 3.05) is 25.5 Å². The van der Waals surface area contributed by atoms with E-state index < -0.39 is 0 Å². The van der Waals surface area contributed by atoms with E-state index in [0.717, 1.165) is 19.5 Å². The molecule has 0 bridgehead atoms. The molecule has 2 heterocycles. The molecule has 2 rings (SSSR count). The van der Waals surface area contributed by atoms with E-state index in [2.05, 4.69) is 27.2 Å². The number of nitrogens with zero attached hydrogens (tertiary/aromatic N) is 3. The Hall–Kier alpha value is -1.20. The molecule has 18 heavy (non-hydrogen) atoms. The maximum absolute atomic E-state index is 11.0. The Morgan fingerprint density at radius 1 is 1.56 bits per heavy atom. The number of likely N-dealkylation sites (tertiary alicyclic amines) is 1. The Kier molecular flexibility index (Phi) is 4.14. The summed E-state index contributed by atoms with van der Waals surface area (Å²) in [5.41, 5.74) is 0.336. The van der Waals surface area contributed by atoms with Crippen molar-refractivity contribution in [2.24, 2.45) is 0 Å². The summed E-state index contributed by atoms with van der Waals surface area (Å²) in [4.78, 5) is 21.5. The maximum atomic E-state index is 11.0. The fraction of sp³-hybridized carbons (Fsp3) is 0.583. The monoisotopic (exact) mass is 268 g/mol. The average Bonchev–Trinajstić information content (AvgIpc) is 2.71. The number of aldehydes is 1. The molecule has 1 atom stereocenters. The molecule has 1 fully saturated rings. The molecule has 98 valence electrons. The van der Waals surface area contributed by atoms with Crippen LogP contribution in [0.25, 0.3) is 0 Å². The Labute approximate surface area is 112 Å². The van der Waals surface area contributed by atoms with Gasteiger partial charge in [-0.25, -0.2) is 9.97 Å². The van der Waals surface area contributed by atoms with Crippen molar-refractivity contribution in [3.05, 3.63) is 16.5 Å². The molecule has 0 radical (unpaired) electrons. The molecular weight excluding hydrogens is 252 g/mol. The first kappa shape index (κ1) is 13.2. The number of carbonyl (C=O) groups excluding carboxylic acids is 1. The van der Waals surface area contributed by atoms with E-state index in [0.29, 0.717) is 29.5 Å². The summed E-state index contributed by atoms with van der Waals surface area (Å²) >= 11 is 5.93. The smallest absolute Gasteiger partial charge is 0.156 e. The predicted molar refractivity (Wildman–Crippen MR) is 71.3 cm³/mol. The molecule has 6 heteroatoms. The second-order valence-corrected chi connectivity index (χ2v) is 4.96. The van der Waals surface area contributed by atoms with Gasteiger partial charge in [-0.1, -0.05) is 11.6 Å². The van der Waals surface area contributed by atoms with Crippen LogP contribution in [-0.4, -0.2) is 47.3 Å². The van der Waals surface area contributed by atoms with Crippen LogP contribution in [0.2, 0.25) is 5.15 Å². The van der Waals surface area contributed by atoms with Crippen LogP contribution in [0.1, 0.15) is 29.0 Å². The average molecular weight is 269 g/mol. The van der Waals surface area contributed by atoms with Crippen molar-refractivity contribution in [2.45, 2.75) is 25.8 Å². The van der Waals surface area contributed by atoms with Crippen LogP contribution in [0.4, 0.5) is 5.82 Å². The number of aryl methyl sites for hydroxylation is 1. The molecule has 1 aliphatic rings. The highest BCUT2D eigenvalue weighted by molar-refractivity contribution is 6.32. The summed E-state index contributed by atoms with van der Waals surface area (Å²) in [6, 6.07) is 0.485. The predicted octanol–water partition coefficient (Wildman–Crippen LogP) is 1.76. The van der Waals surface area contributed by atoms with Gasteiger partial charge in [0.15, 0.2) is 6.29 Å². The van der Waals surface area contributed by atoms with E-state index in [1.165, 1.54) is 6.42 Å². The normalized spacial score (nSPS) is 20.1. The zero-order chi connectivity index (χ0) is 13.1. The minimum Gasteiger partial charge on any atom is -0.368 e. The molecule has 1 saturated heterocycles. The number of likely N-dealkylation sites (N-methyl/N-ethyl adjacent to an activating group) is 1. The van der Waals surface area contributed by atoms with E-state index in [1.807, 2.05) is 0 Å². The molecule has 0 saturated carbocycles. The molecule has 1 unspecified atom stereocenters. The Bertz CT molecular complexity index is 452. The molecule has 5 nitrogen and oxygen atoms in total. The first-order valence-corrected chi connectivity index (χ1v) is 6.43. The van der Waals surface area contributed by atoms with Gasteiger partial charge in [0, 0.05) is 12.6 Å². The van der Waals surface area contributed by atoms with Crippen molar-refractivity contribution in [3.63, 3.8) is 0 Å². The topological polar surface area (TPSA) is 58.1 Å². The first-order valence-electron chi connectivity index (χ1n) is 6.05. The molecular formula is C12H17ClN4O. The van der Waals surface area contributed by atoms with Gasteiger partial charge < -0.3 is 10.2 Å². The zero-order valence-electron chi connectivity index (χ0n) is 10.6. The third-order valence-electron chi connectivity index (χ3n) is 3.31. The number of hydrogen-bond acceptors (Lipinski definition) is 5. The van der Waals surface area contributed by atoms with Crippen molar-refractivity contribution in [1.29, 1.82) is 0 Å². The number of nitrogens with one attached hydrogen (secondary N) is 1. The number of hydrogen-bond donors (Lipinski definition) is 1. The Balaban J connectivity index is 2.10. The summed E-state index contributed by atoms with van der Waals surface area (Å²) in [6.45, 7) is 3.65. The lowest BCUT2D eigenvalue weighted by Gasteiger charge is -2.20. The minimum atomic E-state index is 0.208. The van der Waals surface area contributed by atoms with Gasteiger partial charge in [0.1, 0.15) is 16.8 Å². The van der Waals surface area contributed by atoms with Gasteiger partial charge in [-0.15, -0.1) is 0 Å². The van der Waals surface area contributed by atoms with Crippen molar-refractivity contribution >= 4 is 23.7 Å². The van der Waals surface area contributed by atoms with Gasteiger partial charge in [-0.2, -0.15) is 0 Å². The molecule has 0 spiro atoms. The zero-order valence-corrected chi connectivity index (χ0v) is 11.4. The van der Waals surface area contributed by atoms with E-state index in [4.69, 9.17) is 11.6 Å². The largest absolute Gasteiger partial charge is 0.368 e. The number of carbonyl (C=O) groups is 1. The lowest BCUT2D eigenvalue weighted by Crippen LogP contribution is -2.32. The summed E-state index contributed by atoms with van der Waals surface area (Å²) in [6.07, 6.45) is 3.08. The SMILES string of the molecule is Cc1nc(Cl)c(C=O)c(NCC2CCCN2C)n1. The van der Waals surface area contributed by atoms with Gasteiger partial charge in [-0.3, -0.25) is 4.79 Å². The summed E-state index contributed by atoms with van der Waals surface area (Å²) in [5.74, 6) is 1.09. The van der Waals surface area contributed by atoms with Gasteiger partial charge in [-0.05, 0) is 33.4 Å². The van der Waals surface area contributed by atoms with E-state index in [1.54, 1.807) is 6.92 Å². The lowest BCUT2D eigenvalue weighted by atomic mass is 10.2. The van der Waals surface area contributed by atoms with Crippen LogP contribution in [0.5, 0.6) is 0 Å². The highest BCUT2D eigenvalue weighted by atomic mass is 35.5. The van der Waals surface area contributed by atoms with Crippen molar-refractivity contribution in [1.82, 2.24) is 14.9 Å². The van der Waals surface area contributed by atoms with E-state index in [-0.39, 0.29) is 5.15 Å². The highest BCUT2D eigenvalue weighted by Gasteiger charge is 2.21. The van der Waals surface area contributed by atoms with Crippen LogP contribution in [0.3, 0.4) is 0 Å². The molecule has 1 N–H and O–H groups in total. The molecule has 1 aliphatic heterocycles. The third kappa shape index (κ3) is 2.79. The van der Waals surface area contributed by atoms with Gasteiger partial charge >= 0.3 is 0 Å². The standard InChI is InChI=1S/C12H17ClN4O/c1-8-15-11(13)10(7-18)12(16-8)14-6-9-4-3-5-17(9)2/h7,9H,3-6H2,1-2H3,(H,14,15,16). The number of anilines is 1. The fourth-order valence-electron chi connectivity index (χ4n) is 2.24. The fourth-order valence-corrected chi connectivity index (χ4v) is 2.49. The van der Waals surface area contributed by atoms with Crippen molar-refractivity contribution in [3.8, 4) is 0 Å². The molecule has 0 aliphatic carbocycles. The first-order chi connectivity index (χ1) is 8.61. The summed E-state index contributed by atoms with van der Waals surface area (Å²) in [7, 11) is 2.11. The second-order valence-electron chi connectivity index (χ2n) is 4.60. The third-order valence-corrected chi connectivity index (χ3v) is 3.59. The molecule has 0 amide bonds. The maximum Gasteiger partial charge on any atom is 0.156 e. The van der Waals surface area contributed by atoms with Crippen LogP contribution < -0.4 is 5.32 Å². The quantitative estimate of drug-likeness (QED) is 0.666. The van der Waals surface area contributed by atoms with Gasteiger partial charge in [0.05, 0.1) is 5.56 Å². The van der Waals surface area contributed by atoms with E-state index >= 15 is 0 Å². The van der Waals surface area contributed by atoms with Gasteiger partial charge in [0.25, 0.3) is 0 Å². The number of halogens is 1. The van der Waals surface area contributed by atoms with E-state index in [9.17, 15) is 4.79 Å². The van der Waals surface area contributed by atoms with Gasteiger partial charge in [0.2, 0.25) is 0 Å². The van der Waals surface area contributed by atoms with Crippen LogP contribution in [-0.2, 0) is 0 Å². The summed E-state index contributed by atoms with van der Waals surface area (Å²) < 4.78 is 0. The van der Waals surface area contributed by atoms with Crippen LogP contribution >= 0.6 is 11.6 Å². The lowest BCUT2D eigenvalue weighted by molar-refractivity contribution is 0.112. The minimum absolute atomic E-state index is 0.208. The molecule has 1 aromatic heterocycles. The van der Waals surface area contributed by atoms with Crippen LogP contribution in [0.15, 0.2) is 0 Å². The van der Waals surface area contributed by atoms with Crippen LogP contribution in [0, 0.1) is 6.92 Å². The van der Waals surface area contributed by atoms with Crippen molar-refractivity contribution < 1.29 is 4.79 Å². The Morgan fingerprint density at radius 3 is 2.94 bits per heavy atom. The highest BCUT2D eigenvalue weighted by Crippen LogP contribution is 2.20. The summed E-state index contributed by atoms with van der Waals surface area (Å²) in [5, 5.41) is 3.42. The number of aromatic nitrogens is 2. The molecule has 0 aromatic carbocycles. The number of rotatable bonds is 4.